The molecule has 0 amide bonds. The van der Waals surface area contributed by atoms with E-state index in [1.807, 2.05) is 13.8 Å². The van der Waals surface area contributed by atoms with Crippen LogP contribution in [0.5, 0.6) is 5.88 Å². The van der Waals surface area contributed by atoms with Gasteiger partial charge in [-0.1, -0.05) is 0 Å². The molecule has 0 unspecified atom stereocenters. The Bertz CT molecular complexity index is 1750. The van der Waals surface area contributed by atoms with Gasteiger partial charge in [-0.3, -0.25) is 0 Å². The molecule has 6 rings (SSSR count). The molecule has 0 atom stereocenters. The third-order valence-electron chi connectivity index (χ3n) is 8.04. The van der Waals surface area contributed by atoms with Gasteiger partial charge in [-0.2, -0.15) is 18.0 Å². The fourth-order valence-electron chi connectivity index (χ4n) is 5.40. The molecule has 0 aliphatic heterocycles. The third-order valence-corrected chi connectivity index (χ3v) is 10.1. The Morgan fingerprint density at radius 2 is 1.78 bits per heavy atom. The van der Waals surface area contributed by atoms with Crippen LogP contribution in [0.3, 0.4) is 0 Å². The van der Waals surface area contributed by atoms with Crippen molar-refractivity contribution in [2.75, 3.05) is 10.6 Å². The van der Waals surface area contributed by atoms with Gasteiger partial charge < -0.3 is 20.5 Å². The zero-order valence-corrected chi connectivity index (χ0v) is 25.5. The van der Waals surface area contributed by atoms with Crippen LogP contribution in [-0.2, 0) is 10.0 Å². The molecule has 2 aliphatic rings. The quantitative estimate of drug-likeness (QED) is 0.208. The maximum atomic E-state index is 12.6. The summed E-state index contributed by atoms with van der Waals surface area (Å²) >= 11 is 0. The summed E-state index contributed by atoms with van der Waals surface area (Å²) in [5.74, 6) is 1.06. The number of aromatic nitrogens is 7. The van der Waals surface area contributed by atoms with Crippen molar-refractivity contribution >= 4 is 27.3 Å². The number of ether oxygens (including phenoxy) is 1. The highest BCUT2D eigenvalue weighted by Gasteiger charge is 2.38. The van der Waals surface area contributed by atoms with Gasteiger partial charge in [0, 0.05) is 35.8 Å². The van der Waals surface area contributed by atoms with Crippen molar-refractivity contribution in [1.82, 2.24) is 34.1 Å². The molecule has 0 bridgehead atoms. The van der Waals surface area contributed by atoms with Crippen LogP contribution < -0.4 is 15.4 Å². The SMILES string of the molecule is CC(C)(O)C1CCC(Nc2cc(Nc3ccnc(-c4cnn(S(=O)(=O)C5CC5)c4)n3)ncc2-c2cnc(OC(F)F)cn2)CC1. The molecule has 2 saturated carbocycles. The summed E-state index contributed by atoms with van der Waals surface area (Å²) in [6.07, 6.45) is 13.1. The molecule has 16 heteroatoms. The second-order valence-electron chi connectivity index (χ2n) is 11.8. The predicted octanol–water partition coefficient (Wildman–Crippen LogP) is 4.62. The Balaban J connectivity index is 1.24. The second-order valence-corrected chi connectivity index (χ2v) is 13.9. The number of alkyl halides is 2. The number of nitrogens with zero attached hydrogens (tertiary/aromatic N) is 7. The molecular formula is C29H33F2N9O4S. The van der Waals surface area contributed by atoms with Crippen molar-refractivity contribution in [3.05, 3.63) is 49.3 Å². The number of rotatable bonds is 11. The van der Waals surface area contributed by atoms with Crippen LogP contribution in [0.4, 0.5) is 26.1 Å². The Hall–Kier alpha value is -4.31. The van der Waals surface area contributed by atoms with Crippen molar-refractivity contribution in [3.63, 3.8) is 0 Å². The average Bonchev–Trinajstić information content (AvgIpc) is 3.74. The van der Waals surface area contributed by atoms with E-state index in [0.717, 1.165) is 36.0 Å². The molecule has 2 fully saturated rings. The third kappa shape index (κ3) is 7.17. The number of anilines is 3. The number of aliphatic hydroxyl groups is 1. The first-order chi connectivity index (χ1) is 21.5. The highest BCUT2D eigenvalue weighted by Crippen LogP contribution is 2.36. The predicted molar refractivity (Wildman–Crippen MR) is 161 cm³/mol. The smallest absolute Gasteiger partial charge is 0.388 e. The fourth-order valence-corrected chi connectivity index (χ4v) is 6.87. The molecule has 4 heterocycles. The Morgan fingerprint density at radius 3 is 2.44 bits per heavy atom. The first-order valence-electron chi connectivity index (χ1n) is 14.6. The highest BCUT2D eigenvalue weighted by molar-refractivity contribution is 7.90. The summed E-state index contributed by atoms with van der Waals surface area (Å²) in [5, 5.41) is 20.8. The van der Waals surface area contributed by atoms with Gasteiger partial charge in [-0.05, 0) is 64.4 Å². The van der Waals surface area contributed by atoms with E-state index in [-0.39, 0.29) is 23.7 Å². The highest BCUT2D eigenvalue weighted by atomic mass is 32.2. The van der Waals surface area contributed by atoms with Crippen LogP contribution in [0.2, 0.25) is 0 Å². The first kappa shape index (κ1) is 30.7. The molecule has 3 N–H and O–H groups in total. The minimum atomic E-state index is -3.52. The second kappa shape index (κ2) is 12.2. The van der Waals surface area contributed by atoms with Crippen LogP contribution in [0.15, 0.2) is 49.3 Å². The maximum Gasteiger partial charge on any atom is 0.388 e. The van der Waals surface area contributed by atoms with Gasteiger partial charge in [0.1, 0.15) is 11.6 Å². The van der Waals surface area contributed by atoms with E-state index in [1.165, 1.54) is 18.6 Å². The van der Waals surface area contributed by atoms with E-state index < -0.39 is 27.5 Å². The van der Waals surface area contributed by atoms with Gasteiger partial charge in [0.05, 0.1) is 46.9 Å². The minimum absolute atomic E-state index is 0.112. The standard InChI is InChI=1S/C29H33F2N9O4S/c1-29(2,41)18-3-5-19(6-4-18)37-22-11-25(34-13-21(22)23-14-35-26(15-33-23)44-28(30)31)38-24-9-10-32-27(39-24)17-12-36-40(16-17)45(42,43)20-7-8-20/h9-16,18-20,28,41H,3-8H2,1-2H3,(H2,32,34,37,38,39). The molecule has 45 heavy (non-hydrogen) atoms. The lowest BCUT2D eigenvalue weighted by molar-refractivity contribution is -0.0531. The normalized spacial score (nSPS) is 19.0. The summed E-state index contributed by atoms with van der Waals surface area (Å²) < 4.78 is 55.7. The van der Waals surface area contributed by atoms with Gasteiger partial charge in [-0.25, -0.2) is 33.3 Å². The minimum Gasteiger partial charge on any atom is -0.415 e. The zero-order chi connectivity index (χ0) is 31.8. The van der Waals surface area contributed by atoms with Crippen LogP contribution in [-0.4, -0.2) is 71.1 Å². The Labute approximate surface area is 258 Å². The number of halogens is 2. The number of nitrogens with one attached hydrogen (secondary N) is 2. The largest absolute Gasteiger partial charge is 0.415 e. The van der Waals surface area contributed by atoms with E-state index in [2.05, 4.69) is 45.4 Å². The average molecular weight is 642 g/mol. The summed E-state index contributed by atoms with van der Waals surface area (Å²) in [7, 11) is -3.52. The van der Waals surface area contributed by atoms with E-state index in [1.54, 1.807) is 24.5 Å². The first-order valence-corrected chi connectivity index (χ1v) is 16.1. The summed E-state index contributed by atoms with van der Waals surface area (Å²) in [4.78, 5) is 21.6. The zero-order valence-electron chi connectivity index (χ0n) is 24.6. The number of pyridine rings is 1. The van der Waals surface area contributed by atoms with E-state index in [0.29, 0.717) is 47.0 Å². The summed E-state index contributed by atoms with van der Waals surface area (Å²) in [6.45, 7) is 0.665. The van der Waals surface area contributed by atoms with Crippen molar-refractivity contribution in [2.45, 2.75) is 75.9 Å². The van der Waals surface area contributed by atoms with E-state index in [4.69, 9.17) is 0 Å². The lowest BCUT2D eigenvalue weighted by Crippen LogP contribution is -2.37. The van der Waals surface area contributed by atoms with Gasteiger partial charge in [0.2, 0.25) is 5.88 Å². The molecule has 2 aliphatic carbocycles. The monoisotopic (exact) mass is 641 g/mol. The molecular weight excluding hydrogens is 608 g/mol. The van der Waals surface area contributed by atoms with Crippen LogP contribution in [0.25, 0.3) is 22.6 Å². The van der Waals surface area contributed by atoms with Gasteiger partial charge in [0.15, 0.2) is 5.82 Å². The molecule has 4 aromatic rings. The van der Waals surface area contributed by atoms with Crippen molar-refractivity contribution in [2.24, 2.45) is 5.92 Å². The van der Waals surface area contributed by atoms with Gasteiger partial charge in [0.25, 0.3) is 10.0 Å². The summed E-state index contributed by atoms with van der Waals surface area (Å²) in [5.41, 5.74) is 1.41. The lowest BCUT2D eigenvalue weighted by atomic mass is 9.77. The van der Waals surface area contributed by atoms with Crippen molar-refractivity contribution in [3.8, 4) is 28.5 Å². The molecule has 4 aromatic heterocycles. The van der Waals surface area contributed by atoms with E-state index in [9.17, 15) is 22.3 Å². The van der Waals surface area contributed by atoms with E-state index >= 15 is 0 Å². The molecule has 0 radical (unpaired) electrons. The van der Waals surface area contributed by atoms with Crippen molar-refractivity contribution in [1.29, 1.82) is 0 Å². The number of hydrogen-bond acceptors (Lipinski definition) is 12. The van der Waals surface area contributed by atoms with Crippen LogP contribution >= 0.6 is 0 Å². The van der Waals surface area contributed by atoms with Crippen LogP contribution in [0, 0.1) is 5.92 Å². The molecule has 13 nitrogen and oxygen atoms in total. The Kier molecular flexibility index (Phi) is 8.35. The number of hydrogen-bond donors (Lipinski definition) is 3. The van der Waals surface area contributed by atoms with Crippen molar-refractivity contribution < 1.29 is 27.0 Å². The fraction of sp³-hybridized carbons (Fsp3) is 0.448. The topological polar surface area (TPSA) is 170 Å². The van der Waals surface area contributed by atoms with Gasteiger partial charge >= 0.3 is 6.61 Å². The molecule has 238 valence electrons. The molecule has 0 spiro atoms. The van der Waals surface area contributed by atoms with Gasteiger partial charge in [-0.15, -0.1) is 0 Å². The Morgan fingerprint density at radius 1 is 1.00 bits per heavy atom. The summed E-state index contributed by atoms with van der Waals surface area (Å²) in [6, 6.07) is 3.56. The lowest BCUT2D eigenvalue weighted by Gasteiger charge is -2.36. The van der Waals surface area contributed by atoms with Crippen LogP contribution in [0.1, 0.15) is 52.4 Å². The maximum absolute atomic E-state index is 12.6. The molecule has 0 aromatic carbocycles. The molecule has 0 saturated heterocycles.